The zero-order valence-electron chi connectivity index (χ0n) is 8.64. The third-order valence-electron chi connectivity index (χ3n) is 2.17. The Hall–Kier alpha value is -1.14. The van der Waals surface area contributed by atoms with E-state index in [1.807, 2.05) is 0 Å². The number of rotatable bonds is 4. The smallest absolute Gasteiger partial charge is 0.332 e. The highest BCUT2D eigenvalue weighted by Gasteiger charge is 2.19. The zero-order valence-corrected chi connectivity index (χ0v) is 8.64. The summed E-state index contributed by atoms with van der Waals surface area (Å²) in [6.45, 7) is 3.36. The van der Waals surface area contributed by atoms with Gasteiger partial charge in [0.2, 0.25) is 5.91 Å². The average Bonchev–Trinajstić information content (AvgIpc) is 2.26. The first-order valence-corrected chi connectivity index (χ1v) is 4.81. The van der Waals surface area contributed by atoms with Crippen LogP contribution in [0.1, 0.15) is 6.92 Å². The molecule has 1 fully saturated rings. The molecule has 6 nitrogen and oxygen atoms in total. The summed E-state index contributed by atoms with van der Waals surface area (Å²) in [5.74, 6) is -1.25. The van der Waals surface area contributed by atoms with Crippen molar-refractivity contribution in [1.29, 1.82) is 0 Å². The summed E-state index contributed by atoms with van der Waals surface area (Å²) >= 11 is 0. The number of hydrogen-bond acceptors (Lipinski definition) is 4. The Kier molecular flexibility index (Phi) is 4.51. The first-order valence-electron chi connectivity index (χ1n) is 4.81. The van der Waals surface area contributed by atoms with Gasteiger partial charge >= 0.3 is 5.97 Å². The van der Waals surface area contributed by atoms with Crippen LogP contribution in [-0.2, 0) is 19.1 Å². The third-order valence-corrected chi connectivity index (χ3v) is 2.17. The number of hydrogen-bond donors (Lipinski definition) is 1. The molecule has 0 aromatic heterocycles. The lowest BCUT2D eigenvalue weighted by atomic mass is 10.4. The molecule has 1 amide bonds. The molecular formula is C9H15NO5. The highest BCUT2D eigenvalue weighted by atomic mass is 16.5. The third kappa shape index (κ3) is 3.85. The molecule has 1 rings (SSSR count). The Morgan fingerprint density at radius 2 is 2.07 bits per heavy atom. The van der Waals surface area contributed by atoms with Crippen LogP contribution in [0, 0.1) is 0 Å². The van der Waals surface area contributed by atoms with E-state index in [4.69, 9.17) is 14.6 Å². The molecule has 1 unspecified atom stereocenters. The van der Waals surface area contributed by atoms with Gasteiger partial charge in [-0.3, -0.25) is 4.79 Å². The Bertz CT molecular complexity index is 237. The van der Waals surface area contributed by atoms with Gasteiger partial charge in [-0.2, -0.15) is 0 Å². The second-order valence-electron chi connectivity index (χ2n) is 3.28. The van der Waals surface area contributed by atoms with Crippen LogP contribution >= 0.6 is 0 Å². The van der Waals surface area contributed by atoms with Crippen LogP contribution in [0.5, 0.6) is 0 Å². The molecule has 1 aliphatic heterocycles. The molecule has 6 heteroatoms. The number of ether oxygens (including phenoxy) is 2. The van der Waals surface area contributed by atoms with Crippen molar-refractivity contribution in [1.82, 2.24) is 4.90 Å². The number of carboxylic acids is 1. The van der Waals surface area contributed by atoms with Crippen LogP contribution in [0.25, 0.3) is 0 Å². The maximum atomic E-state index is 11.5. The summed E-state index contributed by atoms with van der Waals surface area (Å²) in [6, 6.07) is 0. The van der Waals surface area contributed by atoms with Gasteiger partial charge in [0.1, 0.15) is 6.61 Å². The molecule has 1 N–H and O–H groups in total. The van der Waals surface area contributed by atoms with E-state index in [9.17, 15) is 9.59 Å². The predicted molar refractivity (Wildman–Crippen MR) is 50.4 cm³/mol. The van der Waals surface area contributed by atoms with Crippen LogP contribution in [0.3, 0.4) is 0 Å². The monoisotopic (exact) mass is 217 g/mol. The Morgan fingerprint density at radius 1 is 1.47 bits per heavy atom. The standard InChI is InChI=1S/C9H15NO5/c1-7(9(12)13)15-6-8(11)10-2-4-14-5-3-10/h7H,2-6H2,1H3,(H,12,13). The first-order chi connectivity index (χ1) is 7.11. The summed E-state index contributed by atoms with van der Waals surface area (Å²) < 4.78 is 9.97. The van der Waals surface area contributed by atoms with Gasteiger partial charge in [0.15, 0.2) is 6.10 Å². The maximum absolute atomic E-state index is 11.5. The number of nitrogens with zero attached hydrogens (tertiary/aromatic N) is 1. The van der Waals surface area contributed by atoms with E-state index < -0.39 is 12.1 Å². The van der Waals surface area contributed by atoms with E-state index in [0.717, 1.165) is 0 Å². The molecule has 0 saturated carbocycles. The number of morpholine rings is 1. The molecule has 1 aliphatic rings. The second-order valence-corrected chi connectivity index (χ2v) is 3.28. The van der Waals surface area contributed by atoms with Crippen molar-refractivity contribution in [3.8, 4) is 0 Å². The van der Waals surface area contributed by atoms with Gasteiger partial charge < -0.3 is 19.5 Å². The molecule has 86 valence electrons. The SMILES string of the molecule is CC(OCC(=O)N1CCOCC1)C(=O)O. The fourth-order valence-electron chi connectivity index (χ4n) is 1.17. The van der Waals surface area contributed by atoms with Crippen molar-refractivity contribution in [3.63, 3.8) is 0 Å². The minimum absolute atomic E-state index is 0.187. The van der Waals surface area contributed by atoms with Gasteiger partial charge in [-0.25, -0.2) is 4.79 Å². The summed E-state index contributed by atoms with van der Waals surface area (Å²) in [7, 11) is 0. The Labute approximate surface area is 87.8 Å². The molecule has 0 aromatic rings. The fourth-order valence-corrected chi connectivity index (χ4v) is 1.17. The summed E-state index contributed by atoms with van der Waals surface area (Å²) in [4.78, 5) is 23.5. The van der Waals surface area contributed by atoms with Crippen LogP contribution in [0.2, 0.25) is 0 Å². The van der Waals surface area contributed by atoms with Crippen molar-refractivity contribution >= 4 is 11.9 Å². The highest BCUT2D eigenvalue weighted by molar-refractivity contribution is 5.78. The van der Waals surface area contributed by atoms with Gasteiger partial charge in [0, 0.05) is 13.1 Å². The van der Waals surface area contributed by atoms with Crippen LogP contribution < -0.4 is 0 Å². The lowest BCUT2D eigenvalue weighted by molar-refractivity contribution is -0.154. The van der Waals surface area contributed by atoms with E-state index in [1.165, 1.54) is 6.92 Å². The second kappa shape index (κ2) is 5.67. The minimum atomic E-state index is -1.07. The van der Waals surface area contributed by atoms with E-state index in [0.29, 0.717) is 26.3 Å². The van der Waals surface area contributed by atoms with Gasteiger partial charge in [-0.05, 0) is 6.92 Å². The molecule has 0 spiro atoms. The lowest BCUT2D eigenvalue weighted by Crippen LogP contribution is -2.43. The minimum Gasteiger partial charge on any atom is -0.479 e. The van der Waals surface area contributed by atoms with Crippen LogP contribution in [-0.4, -0.2) is 60.9 Å². The molecule has 1 atom stereocenters. The van der Waals surface area contributed by atoms with E-state index >= 15 is 0 Å². The Balaban J connectivity index is 2.25. The van der Waals surface area contributed by atoms with Gasteiger partial charge in [0.25, 0.3) is 0 Å². The van der Waals surface area contributed by atoms with Crippen molar-refractivity contribution < 1.29 is 24.2 Å². The molecular weight excluding hydrogens is 202 g/mol. The average molecular weight is 217 g/mol. The number of carboxylic acid groups (broad SMARTS) is 1. The van der Waals surface area contributed by atoms with E-state index in [-0.39, 0.29) is 12.5 Å². The quantitative estimate of drug-likeness (QED) is 0.676. The van der Waals surface area contributed by atoms with Crippen molar-refractivity contribution in [2.75, 3.05) is 32.9 Å². The van der Waals surface area contributed by atoms with E-state index in [2.05, 4.69) is 0 Å². The van der Waals surface area contributed by atoms with Crippen molar-refractivity contribution in [2.24, 2.45) is 0 Å². The number of carbonyl (C=O) groups excluding carboxylic acids is 1. The summed E-state index contributed by atoms with van der Waals surface area (Å²) in [6.07, 6.45) is -0.949. The topological polar surface area (TPSA) is 76.1 Å². The Morgan fingerprint density at radius 3 is 2.60 bits per heavy atom. The molecule has 0 bridgehead atoms. The van der Waals surface area contributed by atoms with Crippen LogP contribution in [0.4, 0.5) is 0 Å². The first kappa shape index (κ1) is 11.9. The summed E-state index contributed by atoms with van der Waals surface area (Å²) in [5, 5.41) is 8.54. The normalized spacial score (nSPS) is 18.6. The largest absolute Gasteiger partial charge is 0.479 e. The van der Waals surface area contributed by atoms with Crippen molar-refractivity contribution in [3.05, 3.63) is 0 Å². The van der Waals surface area contributed by atoms with E-state index in [1.54, 1.807) is 4.90 Å². The lowest BCUT2D eigenvalue weighted by Gasteiger charge is -2.26. The summed E-state index contributed by atoms with van der Waals surface area (Å²) in [5.41, 5.74) is 0. The molecule has 1 saturated heterocycles. The molecule has 15 heavy (non-hydrogen) atoms. The number of aliphatic carboxylic acids is 1. The number of amides is 1. The van der Waals surface area contributed by atoms with Gasteiger partial charge in [-0.15, -0.1) is 0 Å². The van der Waals surface area contributed by atoms with Crippen molar-refractivity contribution in [2.45, 2.75) is 13.0 Å². The molecule has 0 aliphatic carbocycles. The molecule has 0 radical (unpaired) electrons. The van der Waals surface area contributed by atoms with Gasteiger partial charge in [-0.1, -0.05) is 0 Å². The van der Waals surface area contributed by atoms with Crippen LogP contribution in [0.15, 0.2) is 0 Å². The number of carbonyl (C=O) groups is 2. The molecule has 0 aromatic carbocycles. The maximum Gasteiger partial charge on any atom is 0.332 e. The highest BCUT2D eigenvalue weighted by Crippen LogP contribution is 1.99. The predicted octanol–water partition coefficient (Wildman–Crippen LogP) is -0.665. The van der Waals surface area contributed by atoms with Gasteiger partial charge in [0.05, 0.1) is 13.2 Å². The molecule has 1 heterocycles. The zero-order chi connectivity index (χ0) is 11.3. The fraction of sp³-hybridized carbons (Fsp3) is 0.778.